The van der Waals surface area contributed by atoms with Crippen molar-refractivity contribution in [2.75, 3.05) is 5.32 Å². The number of carbonyl (C=O) groups is 1. The molecule has 0 saturated heterocycles. The van der Waals surface area contributed by atoms with Crippen LogP contribution in [0.3, 0.4) is 0 Å². The van der Waals surface area contributed by atoms with Crippen molar-refractivity contribution < 1.29 is 4.79 Å². The van der Waals surface area contributed by atoms with E-state index in [0.29, 0.717) is 10.1 Å². The van der Waals surface area contributed by atoms with Crippen molar-refractivity contribution in [2.45, 2.75) is 13.8 Å². The molecule has 4 heterocycles. The summed E-state index contributed by atoms with van der Waals surface area (Å²) in [5, 5.41) is 4.94. The van der Waals surface area contributed by atoms with E-state index in [0.717, 1.165) is 21.8 Å². The molecule has 0 unspecified atom stereocenters. The summed E-state index contributed by atoms with van der Waals surface area (Å²) >= 11 is 2.72. The van der Waals surface area contributed by atoms with E-state index in [9.17, 15) is 9.59 Å². The molecule has 4 aromatic heterocycles. The second-order valence-electron chi connectivity index (χ2n) is 5.57. The Morgan fingerprint density at radius 3 is 2.77 bits per heavy atom. The Balaban J connectivity index is 1.64. The van der Waals surface area contributed by atoms with E-state index in [2.05, 4.69) is 20.3 Å². The van der Waals surface area contributed by atoms with Crippen molar-refractivity contribution in [3.8, 4) is 11.3 Å². The predicted molar refractivity (Wildman–Crippen MR) is 102 cm³/mol. The van der Waals surface area contributed by atoms with Crippen LogP contribution in [0.25, 0.3) is 16.2 Å². The molecule has 4 aromatic rings. The number of pyridine rings is 1. The van der Waals surface area contributed by atoms with Crippen molar-refractivity contribution in [1.29, 1.82) is 0 Å². The summed E-state index contributed by atoms with van der Waals surface area (Å²) in [4.78, 5) is 39.4. The number of fused-ring (bicyclic) bond motifs is 1. The third-order valence-electron chi connectivity index (χ3n) is 3.96. The molecule has 0 radical (unpaired) electrons. The molecule has 7 nitrogen and oxygen atoms in total. The maximum atomic E-state index is 12.7. The van der Waals surface area contributed by atoms with Crippen LogP contribution in [0.4, 0.5) is 5.13 Å². The molecule has 1 amide bonds. The van der Waals surface area contributed by atoms with Crippen LogP contribution in [0.1, 0.15) is 20.9 Å². The first-order chi connectivity index (χ1) is 12.5. The highest BCUT2D eigenvalue weighted by Crippen LogP contribution is 2.24. The molecule has 0 aliphatic rings. The molecule has 0 aromatic carbocycles. The van der Waals surface area contributed by atoms with E-state index < -0.39 is 5.91 Å². The molecule has 0 saturated carbocycles. The van der Waals surface area contributed by atoms with Crippen LogP contribution in [0, 0.1) is 13.8 Å². The van der Waals surface area contributed by atoms with E-state index in [1.165, 1.54) is 33.3 Å². The number of nitrogens with one attached hydrogen (secondary N) is 1. The summed E-state index contributed by atoms with van der Waals surface area (Å²) in [6.45, 7) is 3.76. The number of nitrogens with zero attached hydrogens (tertiary/aromatic N) is 4. The van der Waals surface area contributed by atoms with Gasteiger partial charge in [-0.05, 0) is 26.0 Å². The minimum Gasteiger partial charge on any atom is -0.298 e. The molecule has 0 aliphatic carbocycles. The van der Waals surface area contributed by atoms with Gasteiger partial charge in [0.2, 0.25) is 0 Å². The average molecular weight is 383 g/mol. The number of hydrogen-bond donors (Lipinski definition) is 1. The van der Waals surface area contributed by atoms with E-state index in [1.54, 1.807) is 12.4 Å². The van der Waals surface area contributed by atoms with Gasteiger partial charge >= 0.3 is 0 Å². The lowest BCUT2D eigenvalue weighted by atomic mass is 10.2. The van der Waals surface area contributed by atoms with E-state index >= 15 is 0 Å². The molecule has 0 fully saturated rings. The highest BCUT2D eigenvalue weighted by Gasteiger charge is 2.18. The number of amides is 1. The molecular formula is C17H13N5O2S2. The quantitative estimate of drug-likeness (QED) is 0.587. The minimum absolute atomic E-state index is 0.0101. The number of aryl methyl sites for hydroxylation is 2. The lowest BCUT2D eigenvalue weighted by Gasteiger charge is -2.02. The standard InChI is InChI=1S/C17H13N5O2S2/c1-9-10(2)26-17-19-7-12(15(24)22(9)17)14(23)21-16-20-13(8-25-16)11-3-5-18-6-4-11/h3-8H,1-2H3,(H,20,21,23). The molecule has 9 heteroatoms. The Bertz CT molecular complexity index is 1180. The number of carbonyl (C=O) groups excluding carboxylic acids is 1. The molecular weight excluding hydrogens is 370 g/mol. The first-order valence-corrected chi connectivity index (χ1v) is 9.39. The fourth-order valence-corrected chi connectivity index (χ4v) is 4.13. The summed E-state index contributed by atoms with van der Waals surface area (Å²) in [6.07, 6.45) is 4.68. The maximum Gasteiger partial charge on any atom is 0.271 e. The van der Waals surface area contributed by atoms with Crippen LogP contribution in [0.5, 0.6) is 0 Å². The van der Waals surface area contributed by atoms with Crippen molar-refractivity contribution in [2.24, 2.45) is 0 Å². The van der Waals surface area contributed by atoms with Crippen LogP contribution in [-0.4, -0.2) is 25.3 Å². The number of aromatic nitrogens is 4. The van der Waals surface area contributed by atoms with Gasteiger partial charge in [-0.2, -0.15) is 0 Å². The van der Waals surface area contributed by atoms with Gasteiger partial charge in [-0.3, -0.25) is 24.3 Å². The van der Waals surface area contributed by atoms with Gasteiger partial charge in [0.1, 0.15) is 5.56 Å². The zero-order valence-corrected chi connectivity index (χ0v) is 15.5. The zero-order chi connectivity index (χ0) is 18.3. The van der Waals surface area contributed by atoms with Gasteiger partial charge < -0.3 is 0 Å². The Kier molecular flexibility index (Phi) is 4.09. The minimum atomic E-state index is -0.518. The second-order valence-corrected chi connectivity index (χ2v) is 7.61. The maximum absolute atomic E-state index is 12.7. The molecule has 4 rings (SSSR count). The van der Waals surface area contributed by atoms with Gasteiger partial charge in [-0.25, -0.2) is 9.97 Å². The molecule has 0 bridgehead atoms. The lowest BCUT2D eigenvalue weighted by molar-refractivity contribution is 0.102. The third kappa shape index (κ3) is 2.80. The van der Waals surface area contributed by atoms with Gasteiger partial charge in [0, 0.05) is 40.1 Å². The summed E-state index contributed by atoms with van der Waals surface area (Å²) in [5.74, 6) is -0.518. The summed E-state index contributed by atoms with van der Waals surface area (Å²) in [5.41, 5.74) is 2.06. The highest BCUT2D eigenvalue weighted by molar-refractivity contribution is 7.17. The third-order valence-corrected chi connectivity index (χ3v) is 5.79. The fourth-order valence-electron chi connectivity index (χ4n) is 2.48. The Labute approximate surface area is 156 Å². The van der Waals surface area contributed by atoms with E-state index in [4.69, 9.17) is 0 Å². The van der Waals surface area contributed by atoms with Crippen molar-refractivity contribution in [3.05, 3.63) is 62.6 Å². The second kappa shape index (κ2) is 6.43. The average Bonchev–Trinajstić information content (AvgIpc) is 3.21. The van der Waals surface area contributed by atoms with Crippen molar-refractivity contribution in [1.82, 2.24) is 19.4 Å². The molecule has 0 spiro atoms. The van der Waals surface area contributed by atoms with Crippen molar-refractivity contribution >= 4 is 38.7 Å². The number of hydrogen-bond acceptors (Lipinski definition) is 7. The van der Waals surface area contributed by atoms with E-state index in [-0.39, 0.29) is 11.1 Å². The molecule has 0 aliphatic heterocycles. The predicted octanol–water partition coefficient (Wildman–Crippen LogP) is 3.14. The van der Waals surface area contributed by atoms with Gasteiger partial charge in [0.05, 0.1) is 5.69 Å². The first-order valence-electron chi connectivity index (χ1n) is 7.69. The van der Waals surface area contributed by atoms with Crippen LogP contribution >= 0.6 is 22.7 Å². The van der Waals surface area contributed by atoms with Gasteiger partial charge in [-0.1, -0.05) is 0 Å². The van der Waals surface area contributed by atoms with Crippen LogP contribution in [0.15, 0.2) is 40.9 Å². The van der Waals surface area contributed by atoms with Gasteiger partial charge in [0.25, 0.3) is 11.5 Å². The number of anilines is 1. The summed E-state index contributed by atoms with van der Waals surface area (Å²) in [7, 11) is 0. The Morgan fingerprint density at radius 2 is 2.00 bits per heavy atom. The lowest BCUT2D eigenvalue weighted by Crippen LogP contribution is -2.26. The smallest absolute Gasteiger partial charge is 0.271 e. The topological polar surface area (TPSA) is 89.2 Å². The van der Waals surface area contributed by atoms with Crippen molar-refractivity contribution in [3.63, 3.8) is 0 Å². The molecule has 26 heavy (non-hydrogen) atoms. The Hall–Kier alpha value is -2.91. The normalized spacial score (nSPS) is 11.0. The zero-order valence-electron chi connectivity index (χ0n) is 13.9. The monoisotopic (exact) mass is 383 g/mol. The molecule has 0 atom stereocenters. The largest absolute Gasteiger partial charge is 0.298 e. The molecule has 1 N–H and O–H groups in total. The first kappa shape index (κ1) is 16.6. The van der Waals surface area contributed by atoms with Crippen LogP contribution in [0.2, 0.25) is 0 Å². The van der Waals surface area contributed by atoms with Crippen LogP contribution in [-0.2, 0) is 0 Å². The SMILES string of the molecule is Cc1sc2ncc(C(=O)Nc3nc(-c4ccncc4)cs3)c(=O)n2c1C. The number of thiazole rings is 2. The van der Waals surface area contributed by atoms with E-state index in [1.807, 2.05) is 31.4 Å². The van der Waals surface area contributed by atoms with Gasteiger partial charge in [0.15, 0.2) is 10.1 Å². The number of rotatable bonds is 3. The Morgan fingerprint density at radius 1 is 1.23 bits per heavy atom. The van der Waals surface area contributed by atoms with Crippen LogP contribution < -0.4 is 10.9 Å². The molecule has 130 valence electrons. The summed E-state index contributed by atoms with van der Waals surface area (Å²) in [6, 6.07) is 3.68. The highest BCUT2D eigenvalue weighted by atomic mass is 32.1. The fraction of sp³-hybridized carbons (Fsp3) is 0.118. The summed E-state index contributed by atoms with van der Waals surface area (Å²) < 4.78 is 1.47. The van der Waals surface area contributed by atoms with Gasteiger partial charge in [-0.15, -0.1) is 22.7 Å².